The van der Waals surface area contributed by atoms with Crippen molar-refractivity contribution in [2.45, 2.75) is 12.1 Å². The second-order valence-electron chi connectivity index (χ2n) is 3.65. The van der Waals surface area contributed by atoms with Gasteiger partial charge >= 0.3 is 0 Å². The molecule has 0 spiro atoms. The molecule has 17 heavy (non-hydrogen) atoms. The highest BCUT2D eigenvalue weighted by atomic mass is 19.1. The smallest absolute Gasteiger partial charge is 0.129 e. The first-order valence-electron chi connectivity index (χ1n) is 5.16. The van der Waals surface area contributed by atoms with E-state index in [0.29, 0.717) is 0 Å². The van der Waals surface area contributed by atoms with Crippen molar-refractivity contribution in [2.75, 3.05) is 19.8 Å². The maximum absolute atomic E-state index is 13.3. The van der Waals surface area contributed by atoms with Crippen molar-refractivity contribution in [3.8, 4) is 0 Å². The third kappa shape index (κ3) is 4.01. The fraction of sp³-hybridized carbons (Fsp3) is 0.455. The first-order valence-corrected chi connectivity index (χ1v) is 5.16. The summed E-state index contributed by atoms with van der Waals surface area (Å²) in [5, 5.41) is 29.8. The van der Waals surface area contributed by atoms with Crippen LogP contribution in [0.5, 0.6) is 0 Å². The highest BCUT2D eigenvalue weighted by Crippen LogP contribution is 2.17. The molecule has 1 unspecified atom stereocenters. The molecule has 6 heteroatoms. The van der Waals surface area contributed by atoms with Crippen LogP contribution >= 0.6 is 0 Å². The summed E-state index contributed by atoms with van der Waals surface area (Å²) in [6.07, 6.45) is -1.24. The summed E-state index contributed by atoms with van der Waals surface area (Å²) in [5.41, 5.74) is -0.160. The van der Waals surface area contributed by atoms with Gasteiger partial charge in [0.1, 0.15) is 11.6 Å². The molecule has 0 aromatic heterocycles. The Kier molecular flexibility index (Phi) is 5.43. The molecule has 0 heterocycles. The van der Waals surface area contributed by atoms with Crippen molar-refractivity contribution in [1.82, 2.24) is 5.32 Å². The monoisotopic (exact) mass is 247 g/mol. The van der Waals surface area contributed by atoms with E-state index in [1.165, 1.54) is 0 Å². The number of benzene rings is 1. The molecule has 0 saturated heterocycles. The summed E-state index contributed by atoms with van der Waals surface area (Å²) in [6.45, 7) is -0.712. The largest absolute Gasteiger partial charge is 0.395 e. The summed E-state index contributed by atoms with van der Waals surface area (Å²) in [5.74, 6) is -1.34. The topological polar surface area (TPSA) is 72.7 Å². The van der Waals surface area contributed by atoms with Gasteiger partial charge in [-0.2, -0.15) is 0 Å². The minimum absolute atomic E-state index is 0.0911. The van der Waals surface area contributed by atoms with E-state index in [1.807, 2.05) is 0 Å². The molecule has 1 aromatic rings. The van der Waals surface area contributed by atoms with Gasteiger partial charge in [-0.25, -0.2) is 8.78 Å². The van der Waals surface area contributed by atoms with Gasteiger partial charge in [-0.05, 0) is 18.2 Å². The van der Waals surface area contributed by atoms with E-state index in [9.17, 15) is 13.9 Å². The normalized spacial score (nSPS) is 13.1. The number of hydrogen-bond donors (Lipinski definition) is 4. The van der Waals surface area contributed by atoms with E-state index in [2.05, 4.69) is 5.32 Å². The van der Waals surface area contributed by atoms with E-state index in [1.54, 1.807) is 0 Å². The van der Waals surface area contributed by atoms with Crippen molar-refractivity contribution in [2.24, 2.45) is 0 Å². The summed E-state index contributed by atoms with van der Waals surface area (Å²) in [4.78, 5) is 0. The van der Waals surface area contributed by atoms with Crippen molar-refractivity contribution in [3.05, 3.63) is 35.4 Å². The average Bonchev–Trinajstić information content (AvgIpc) is 2.33. The Morgan fingerprint density at radius 1 is 1.18 bits per heavy atom. The third-order valence-electron chi connectivity index (χ3n) is 2.36. The highest BCUT2D eigenvalue weighted by molar-refractivity contribution is 5.21. The maximum atomic E-state index is 13.3. The molecule has 0 bridgehead atoms. The van der Waals surface area contributed by atoms with Crippen LogP contribution in [0.15, 0.2) is 18.2 Å². The molecule has 1 atom stereocenters. The first-order chi connectivity index (χ1) is 8.08. The van der Waals surface area contributed by atoms with Crippen LogP contribution in [-0.4, -0.2) is 41.1 Å². The van der Waals surface area contributed by atoms with E-state index in [4.69, 9.17) is 10.2 Å². The van der Waals surface area contributed by atoms with Crippen LogP contribution in [0.4, 0.5) is 8.78 Å². The predicted octanol–water partition coefficient (Wildman–Crippen LogP) is -0.0590. The lowest BCUT2D eigenvalue weighted by Crippen LogP contribution is -2.38. The Bertz CT molecular complexity index is 359. The third-order valence-corrected chi connectivity index (χ3v) is 2.36. The van der Waals surface area contributed by atoms with Crippen LogP contribution in [0.2, 0.25) is 0 Å². The molecule has 0 amide bonds. The number of hydrogen-bond acceptors (Lipinski definition) is 4. The average molecular weight is 247 g/mol. The van der Waals surface area contributed by atoms with Crippen LogP contribution < -0.4 is 5.32 Å². The van der Waals surface area contributed by atoms with Crippen LogP contribution in [0.25, 0.3) is 0 Å². The van der Waals surface area contributed by atoms with Crippen LogP contribution in [0.1, 0.15) is 11.7 Å². The molecule has 4 N–H and O–H groups in total. The minimum Gasteiger partial charge on any atom is -0.395 e. The summed E-state index contributed by atoms with van der Waals surface area (Å²) >= 11 is 0. The van der Waals surface area contributed by atoms with Crippen molar-refractivity contribution in [3.63, 3.8) is 0 Å². The molecule has 0 aliphatic carbocycles. The maximum Gasteiger partial charge on any atom is 0.129 e. The summed E-state index contributed by atoms with van der Waals surface area (Å²) < 4.78 is 26.1. The SMILES string of the molecule is OCC(CO)NCC(O)c1cc(F)ccc1F. The van der Waals surface area contributed by atoms with Gasteiger partial charge in [-0.1, -0.05) is 0 Å². The van der Waals surface area contributed by atoms with Gasteiger partial charge in [0.05, 0.1) is 25.4 Å². The number of halogens is 2. The molecule has 0 saturated carbocycles. The zero-order valence-corrected chi connectivity index (χ0v) is 9.11. The Hall–Kier alpha value is -1.08. The lowest BCUT2D eigenvalue weighted by atomic mass is 10.1. The van der Waals surface area contributed by atoms with E-state index >= 15 is 0 Å². The lowest BCUT2D eigenvalue weighted by molar-refractivity contribution is 0.133. The number of aliphatic hydroxyl groups is 3. The molecule has 4 nitrogen and oxygen atoms in total. The highest BCUT2D eigenvalue weighted by Gasteiger charge is 2.15. The van der Waals surface area contributed by atoms with Crippen LogP contribution in [0.3, 0.4) is 0 Å². The standard InChI is InChI=1S/C11H15F2NO3/c12-7-1-2-10(13)9(3-7)11(17)4-14-8(5-15)6-16/h1-3,8,11,14-17H,4-6H2. The van der Waals surface area contributed by atoms with Gasteiger partial charge in [-0.15, -0.1) is 0 Å². The van der Waals surface area contributed by atoms with Crippen molar-refractivity contribution < 1.29 is 24.1 Å². The molecule has 0 fully saturated rings. The lowest BCUT2D eigenvalue weighted by Gasteiger charge is -2.17. The van der Waals surface area contributed by atoms with E-state index in [0.717, 1.165) is 18.2 Å². The van der Waals surface area contributed by atoms with Crippen LogP contribution in [-0.2, 0) is 0 Å². The zero-order valence-electron chi connectivity index (χ0n) is 9.11. The number of aliphatic hydroxyl groups excluding tert-OH is 3. The number of nitrogens with one attached hydrogen (secondary N) is 1. The molecular formula is C11H15F2NO3. The zero-order chi connectivity index (χ0) is 12.8. The summed E-state index contributed by atoms with van der Waals surface area (Å²) in [7, 11) is 0. The second-order valence-corrected chi connectivity index (χ2v) is 3.65. The molecule has 0 aliphatic rings. The van der Waals surface area contributed by atoms with Crippen LogP contribution in [0, 0.1) is 11.6 Å². The van der Waals surface area contributed by atoms with Crippen molar-refractivity contribution in [1.29, 1.82) is 0 Å². The molecule has 1 aromatic carbocycles. The number of rotatable bonds is 6. The van der Waals surface area contributed by atoms with E-state index < -0.39 is 23.8 Å². The van der Waals surface area contributed by atoms with Gasteiger partial charge < -0.3 is 20.6 Å². The second kappa shape index (κ2) is 6.61. The van der Waals surface area contributed by atoms with Gasteiger partial charge in [0.15, 0.2) is 0 Å². The van der Waals surface area contributed by atoms with Gasteiger partial charge in [0, 0.05) is 12.1 Å². The predicted molar refractivity (Wildman–Crippen MR) is 57.3 cm³/mol. The Balaban J connectivity index is 2.63. The fourth-order valence-electron chi connectivity index (χ4n) is 1.35. The molecule has 0 radical (unpaired) electrons. The first kappa shape index (κ1) is 14.0. The molecule has 0 aliphatic heterocycles. The summed E-state index contributed by atoms with van der Waals surface area (Å²) in [6, 6.07) is 2.21. The molecule has 96 valence electrons. The van der Waals surface area contributed by atoms with Crippen molar-refractivity contribution >= 4 is 0 Å². The quantitative estimate of drug-likeness (QED) is 0.568. The van der Waals surface area contributed by atoms with Gasteiger partial charge in [-0.3, -0.25) is 0 Å². The fourth-order valence-corrected chi connectivity index (χ4v) is 1.35. The van der Waals surface area contributed by atoms with Gasteiger partial charge in [0.2, 0.25) is 0 Å². The Labute approximate surface area is 97.5 Å². The van der Waals surface area contributed by atoms with Gasteiger partial charge in [0.25, 0.3) is 0 Å². The minimum atomic E-state index is -1.24. The Morgan fingerprint density at radius 3 is 2.41 bits per heavy atom. The van der Waals surface area contributed by atoms with E-state index in [-0.39, 0.29) is 25.3 Å². The molecule has 1 rings (SSSR count). The Morgan fingerprint density at radius 2 is 1.82 bits per heavy atom. The molecular weight excluding hydrogens is 232 g/mol.